The zero-order chi connectivity index (χ0) is 51.1. The molecular weight excluding hydrogens is 1010 g/mol. The Morgan fingerprint density at radius 2 is 1.11 bits per heavy atom. The standard InChI is InChI=1S/C27H27FN6O.C26H25FN6O.Al.3ClH/c1-15(2)24-14-30-34-26(24)32-25(18-9-19(28)13-29-12-18)33-27(34)31-20-5-4-16-8-17-10-21(35-3)6-7-22(17)23(16)11-20;1-14(2)23-13-29-33-25(23)31-24(17-8-18(27)12-28-11-17)32-26(33)30-19-4-3-15-7-16-9-20(34)5-6-21(16)22(15)10-19;;;;/h6-7,9-10,12-15,20H,4-5,8,11H2,1-3H3,(H,31,32,33);5-6,8-9,11-14,19,34H,3-4,7,10H2,1-2H3,(H,30,31,32);;3*1H/q;;+3;;;/p-3/t20-;19-;;;;/m00..../s1. The number of phenolic OH excluding ortho intramolecular Hbond substituents is 1. The molecule has 14 nitrogen and oxygen atoms in total. The van der Waals surface area contributed by atoms with Crippen molar-refractivity contribution in [2.75, 3.05) is 17.7 Å². The number of nitrogens with zero attached hydrogens (tertiary/aromatic N) is 10. The molecule has 0 bridgehead atoms. The molecule has 4 aliphatic carbocycles. The molecule has 0 amide bonds. The van der Waals surface area contributed by atoms with E-state index in [1.165, 1.54) is 69.1 Å². The van der Waals surface area contributed by atoms with E-state index >= 15 is 0 Å². The molecule has 0 fully saturated rings. The number of pyridine rings is 2. The van der Waals surface area contributed by atoms with Crippen LogP contribution in [0.2, 0.25) is 0 Å². The molecule has 0 radical (unpaired) electrons. The predicted molar refractivity (Wildman–Crippen MR) is 284 cm³/mol. The summed E-state index contributed by atoms with van der Waals surface area (Å²) in [5.74, 6) is 2.90. The molecule has 8 aromatic rings. The Morgan fingerprint density at radius 1 is 0.644 bits per heavy atom. The number of rotatable bonds is 9. The molecule has 0 saturated heterocycles. The van der Waals surface area contributed by atoms with E-state index in [2.05, 4.69) is 70.6 Å². The Hall–Kier alpha value is -6.22. The second kappa shape index (κ2) is 21.3. The van der Waals surface area contributed by atoms with E-state index in [1.807, 2.05) is 30.6 Å². The third kappa shape index (κ3) is 10.7. The fourth-order valence-electron chi connectivity index (χ4n) is 10.3. The minimum absolute atomic E-state index is 0.168. The van der Waals surface area contributed by atoms with Crippen LogP contribution in [0.25, 0.3) is 45.2 Å². The number of aromatic hydroxyl groups is 1. The lowest BCUT2D eigenvalue weighted by atomic mass is 9.88. The van der Waals surface area contributed by atoms with Crippen LogP contribution in [0.15, 0.2) is 96.9 Å². The summed E-state index contributed by atoms with van der Waals surface area (Å²) < 4.78 is 36.7. The summed E-state index contributed by atoms with van der Waals surface area (Å²) in [6.07, 6.45) is 16.9. The smallest absolute Gasteiger partial charge is 0.508 e. The Bertz CT molecular complexity index is 3450. The molecule has 0 aliphatic heterocycles. The summed E-state index contributed by atoms with van der Waals surface area (Å²) in [4.78, 5) is 26.9. The van der Waals surface area contributed by atoms with Crippen LogP contribution in [-0.4, -0.2) is 84.8 Å². The van der Waals surface area contributed by atoms with Crippen LogP contribution in [0.1, 0.15) is 111 Å². The number of halogens is 5. The minimum atomic E-state index is -1.72. The second-order valence-electron chi connectivity index (χ2n) is 19.3. The molecule has 2 aromatic carbocycles. The molecule has 6 aromatic heterocycles. The van der Waals surface area contributed by atoms with E-state index in [9.17, 15) is 13.9 Å². The first-order valence-corrected chi connectivity index (χ1v) is 29.5. The molecule has 12 rings (SSSR count). The van der Waals surface area contributed by atoms with Gasteiger partial charge in [0.2, 0.25) is 11.9 Å². The van der Waals surface area contributed by atoms with Gasteiger partial charge in [0.05, 0.1) is 31.9 Å². The first-order chi connectivity index (χ1) is 35.2. The lowest BCUT2D eigenvalue weighted by Crippen LogP contribution is -2.25. The topological polar surface area (TPSA) is 165 Å². The maximum absolute atomic E-state index is 13.9. The monoisotopic (exact) mass is 1060 g/mol. The predicted octanol–water partition coefficient (Wildman–Crippen LogP) is 12.2. The van der Waals surface area contributed by atoms with Crippen LogP contribution in [0, 0.1) is 11.6 Å². The number of benzene rings is 2. The highest BCUT2D eigenvalue weighted by Crippen LogP contribution is 2.45. The minimum Gasteiger partial charge on any atom is -0.508 e. The van der Waals surface area contributed by atoms with E-state index in [1.54, 1.807) is 34.6 Å². The third-order valence-corrected chi connectivity index (χ3v) is 13.8. The highest BCUT2D eigenvalue weighted by Gasteiger charge is 2.31. The van der Waals surface area contributed by atoms with Crippen LogP contribution in [0.3, 0.4) is 0 Å². The highest BCUT2D eigenvalue weighted by molar-refractivity contribution is 7.54. The largest absolute Gasteiger partial charge is 0.643 e. The molecule has 0 unspecified atom stereocenters. The SMILES string of the molecule is CC(C)c1cnn2c(N[C@H]3CCC4=C(C3)c3ccc(O)cc3C4)nc(-c3cncc(F)c3)nc12.COc1ccc2c(c1)CC1=C2C[C@@H](Nc2nc(-c3cncc(F)c3)nc3c(C(C)C)cnn23)CC1.[Cl][Al]([Cl])[Cl]. The van der Waals surface area contributed by atoms with E-state index in [-0.39, 0.29) is 23.9 Å². The molecule has 374 valence electrons. The summed E-state index contributed by atoms with van der Waals surface area (Å²) in [7, 11) is 16.5. The van der Waals surface area contributed by atoms with Crippen molar-refractivity contribution in [3.8, 4) is 34.3 Å². The molecule has 73 heavy (non-hydrogen) atoms. The summed E-state index contributed by atoms with van der Waals surface area (Å²) in [5.41, 5.74) is 15.4. The maximum atomic E-state index is 13.9. The summed E-state index contributed by atoms with van der Waals surface area (Å²) in [5, 5.41) is 26.3. The van der Waals surface area contributed by atoms with Crippen LogP contribution in [0.5, 0.6) is 11.5 Å². The Balaban J connectivity index is 0.000000156. The van der Waals surface area contributed by atoms with Gasteiger partial charge in [-0.05, 0) is 133 Å². The van der Waals surface area contributed by atoms with Gasteiger partial charge in [-0.1, -0.05) is 51.0 Å². The van der Waals surface area contributed by atoms with Crippen LogP contribution in [0.4, 0.5) is 20.7 Å². The molecule has 6 heterocycles. The summed E-state index contributed by atoms with van der Waals surface area (Å²) in [6, 6.07) is 15.2. The van der Waals surface area contributed by atoms with Gasteiger partial charge in [0.15, 0.2) is 22.9 Å². The van der Waals surface area contributed by atoms with Gasteiger partial charge in [0, 0.05) is 46.7 Å². The lowest BCUT2D eigenvalue weighted by Gasteiger charge is -2.26. The summed E-state index contributed by atoms with van der Waals surface area (Å²) in [6.45, 7) is 8.41. The van der Waals surface area contributed by atoms with Gasteiger partial charge < -0.3 is 20.5 Å². The number of nitrogens with one attached hydrogen (secondary N) is 2. The van der Waals surface area contributed by atoms with Crippen molar-refractivity contribution in [2.45, 2.75) is 103 Å². The number of aromatic nitrogens is 10. The van der Waals surface area contributed by atoms with Crippen molar-refractivity contribution >= 4 is 75.9 Å². The number of hydrogen-bond acceptors (Lipinski definition) is 12. The first-order valence-electron chi connectivity index (χ1n) is 24.3. The number of allylic oxidation sites excluding steroid dienone is 2. The highest BCUT2D eigenvalue weighted by atomic mass is 35.8. The lowest BCUT2D eigenvalue weighted by molar-refractivity contribution is 0.414. The Kier molecular flexibility index (Phi) is 14.7. The van der Waals surface area contributed by atoms with Crippen molar-refractivity contribution in [1.29, 1.82) is 0 Å². The Labute approximate surface area is 438 Å². The van der Waals surface area contributed by atoms with Gasteiger partial charge in [-0.25, -0.2) is 48.9 Å². The average Bonchev–Trinajstić information content (AvgIpc) is 4.16. The van der Waals surface area contributed by atoms with E-state index in [0.29, 0.717) is 46.1 Å². The quantitative estimate of drug-likeness (QED) is 0.117. The average molecular weight is 1060 g/mol. The number of fused-ring (bicyclic) bond motifs is 6. The van der Waals surface area contributed by atoms with Crippen molar-refractivity contribution < 1.29 is 18.6 Å². The molecule has 20 heteroatoms. The number of ether oxygens (including phenoxy) is 1. The summed E-state index contributed by atoms with van der Waals surface area (Å²) >= 11 is -1.72. The van der Waals surface area contributed by atoms with Crippen molar-refractivity contribution in [3.05, 3.63) is 142 Å². The van der Waals surface area contributed by atoms with E-state index < -0.39 is 23.0 Å². The third-order valence-electron chi connectivity index (χ3n) is 13.8. The van der Waals surface area contributed by atoms with Crippen LogP contribution >= 0.6 is 30.1 Å². The molecular formula is C53H52AlCl3F2N12O2. The number of phenols is 1. The zero-order valence-corrected chi connectivity index (χ0v) is 44.3. The number of methoxy groups -OCH3 is 1. The molecule has 0 spiro atoms. The Morgan fingerprint density at radius 3 is 1.56 bits per heavy atom. The molecule has 3 N–H and O–H groups in total. The first kappa shape index (κ1) is 50.3. The molecule has 0 saturated carbocycles. The number of hydrogen-bond donors (Lipinski definition) is 3. The fraction of sp³-hybridized carbons (Fsp3) is 0.321. The molecule has 4 aliphatic rings. The van der Waals surface area contributed by atoms with Gasteiger partial charge in [0.25, 0.3) is 0 Å². The van der Waals surface area contributed by atoms with E-state index in [4.69, 9.17) is 54.8 Å². The van der Waals surface area contributed by atoms with Crippen molar-refractivity contribution in [2.24, 2.45) is 0 Å². The van der Waals surface area contributed by atoms with Gasteiger partial charge in [-0.3, -0.25) is 9.97 Å². The second-order valence-corrected chi connectivity index (χ2v) is 25.7. The van der Waals surface area contributed by atoms with E-state index in [0.717, 1.165) is 73.9 Å². The van der Waals surface area contributed by atoms with Crippen molar-refractivity contribution in [1.82, 2.24) is 49.1 Å². The fourth-order valence-corrected chi connectivity index (χ4v) is 10.3. The van der Waals surface area contributed by atoms with Gasteiger partial charge in [0.1, 0.15) is 23.1 Å². The van der Waals surface area contributed by atoms with Crippen molar-refractivity contribution in [3.63, 3.8) is 0 Å². The van der Waals surface area contributed by atoms with Crippen LogP contribution in [-0.2, 0) is 12.8 Å². The van der Waals surface area contributed by atoms with Gasteiger partial charge in [-0.2, -0.15) is 29.2 Å². The number of anilines is 2. The van der Waals surface area contributed by atoms with Gasteiger partial charge >= 0.3 is 11.4 Å². The molecule has 2 atom stereocenters. The normalized spacial score (nSPS) is 16.7. The zero-order valence-electron chi connectivity index (χ0n) is 40.8. The maximum Gasteiger partial charge on any atom is 0.643 e. The van der Waals surface area contributed by atoms with Crippen LogP contribution < -0.4 is 15.4 Å². The van der Waals surface area contributed by atoms with Gasteiger partial charge in [-0.15, -0.1) is 0 Å².